The summed E-state index contributed by atoms with van der Waals surface area (Å²) in [5.41, 5.74) is 0. The molecule has 0 fully saturated rings. The second kappa shape index (κ2) is 15.8. The Morgan fingerprint density at radius 2 is 1.68 bits per heavy atom. The van der Waals surface area contributed by atoms with Crippen LogP contribution in [0, 0.1) is 17.8 Å². The second-order valence-electron chi connectivity index (χ2n) is 6.29. The Hall–Kier alpha value is -0.0400. The molecule has 0 heterocycles. The largest absolute Gasteiger partial charge is 0.396 e. The molecule has 0 aliphatic heterocycles. The van der Waals surface area contributed by atoms with Gasteiger partial charge in [-0.15, -0.1) is 24.0 Å². The van der Waals surface area contributed by atoms with Crippen molar-refractivity contribution < 1.29 is 5.11 Å². The van der Waals surface area contributed by atoms with Crippen LogP contribution < -0.4 is 10.6 Å². The summed E-state index contributed by atoms with van der Waals surface area (Å²) >= 11 is 0. The lowest BCUT2D eigenvalue weighted by Gasteiger charge is -2.19. The molecule has 0 saturated heterocycles. The summed E-state index contributed by atoms with van der Waals surface area (Å²) < 4.78 is 0. The van der Waals surface area contributed by atoms with E-state index < -0.39 is 0 Å². The van der Waals surface area contributed by atoms with E-state index in [-0.39, 0.29) is 30.6 Å². The highest BCUT2D eigenvalue weighted by Gasteiger charge is 2.11. The molecule has 1 atom stereocenters. The number of halogens is 1. The van der Waals surface area contributed by atoms with Crippen LogP contribution >= 0.6 is 24.0 Å². The minimum Gasteiger partial charge on any atom is -0.396 e. The van der Waals surface area contributed by atoms with Gasteiger partial charge in [0.25, 0.3) is 0 Å². The maximum Gasteiger partial charge on any atom is 0.191 e. The quantitative estimate of drug-likeness (QED) is 0.268. The van der Waals surface area contributed by atoms with Crippen molar-refractivity contribution >= 4 is 29.9 Å². The van der Waals surface area contributed by atoms with Crippen molar-refractivity contribution in [2.45, 2.75) is 60.3 Å². The molecule has 0 aromatic rings. The van der Waals surface area contributed by atoms with Crippen LogP contribution in [0.2, 0.25) is 0 Å². The minimum absolute atomic E-state index is 0. The first-order valence-electron chi connectivity index (χ1n) is 8.70. The third-order valence-electron chi connectivity index (χ3n) is 3.91. The first-order chi connectivity index (χ1) is 10.1. The van der Waals surface area contributed by atoms with E-state index >= 15 is 0 Å². The van der Waals surface area contributed by atoms with E-state index in [9.17, 15) is 5.11 Å². The molecular weight excluding hydrogens is 389 g/mol. The lowest BCUT2D eigenvalue weighted by atomic mass is 9.94. The highest BCUT2D eigenvalue weighted by Crippen LogP contribution is 2.15. The van der Waals surface area contributed by atoms with E-state index in [1.54, 1.807) is 0 Å². The SMILES string of the molecule is CCNC(=NCC(CCO)CC(C)C)NCC(CC)CC.I. The van der Waals surface area contributed by atoms with Crippen LogP contribution in [-0.2, 0) is 0 Å². The van der Waals surface area contributed by atoms with E-state index in [2.05, 4.69) is 45.3 Å². The number of rotatable bonds is 11. The van der Waals surface area contributed by atoms with Crippen molar-refractivity contribution in [1.29, 1.82) is 0 Å². The van der Waals surface area contributed by atoms with Crippen molar-refractivity contribution in [3.63, 3.8) is 0 Å². The summed E-state index contributed by atoms with van der Waals surface area (Å²) in [6, 6.07) is 0. The Labute approximate surface area is 155 Å². The Morgan fingerprint density at radius 1 is 1.05 bits per heavy atom. The van der Waals surface area contributed by atoms with E-state index in [0.717, 1.165) is 38.4 Å². The average Bonchev–Trinajstić information content (AvgIpc) is 2.45. The summed E-state index contributed by atoms with van der Waals surface area (Å²) in [5.74, 6) is 2.74. The fraction of sp³-hybridized carbons (Fsp3) is 0.941. The number of aliphatic hydroxyl groups excluding tert-OH is 1. The molecule has 5 heteroatoms. The molecule has 0 saturated carbocycles. The van der Waals surface area contributed by atoms with Gasteiger partial charge in [0.15, 0.2) is 5.96 Å². The molecule has 1 unspecified atom stereocenters. The number of nitrogens with zero attached hydrogens (tertiary/aromatic N) is 1. The smallest absolute Gasteiger partial charge is 0.191 e. The van der Waals surface area contributed by atoms with Crippen LogP contribution in [0.4, 0.5) is 0 Å². The van der Waals surface area contributed by atoms with Gasteiger partial charge in [0.05, 0.1) is 0 Å². The number of guanidine groups is 1. The molecule has 0 radical (unpaired) electrons. The van der Waals surface area contributed by atoms with Gasteiger partial charge in [-0.3, -0.25) is 4.99 Å². The highest BCUT2D eigenvalue weighted by molar-refractivity contribution is 14.0. The fourth-order valence-electron chi connectivity index (χ4n) is 2.51. The third-order valence-corrected chi connectivity index (χ3v) is 3.91. The van der Waals surface area contributed by atoms with Gasteiger partial charge in [-0.05, 0) is 37.5 Å². The summed E-state index contributed by atoms with van der Waals surface area (Å²) in [7, 11) is 0. The first-order valence-corrected chi connectivity index (χ1v) is 8.70. The van der Waals surface area contributed by atoms with E-state index in [4.69, 9.17) is 4.99 Å². The molecule has 134 valence electrons. The maximum absolute atomic E-state index is 9.18. The van der Waals surface area contributed by atoms with Gasteiger partial charge in [0.1, 0.15) is 0 Å². The van der Waals surface area contributed by atoms with Gasteiger partial charge < -0.3 is 15.7 Å². The van der Waals surface area contributed by atoms with Gasteiger partial charge in [-0.2, -0.15) is 0 Å². The molecule has 0 aromatic heterocycles. The lowest BCUT2D eigenvalue weighted by Crippen LogP contribution is -2.40. The average molecular weight is 427 g/mol. The molecule has 0 aromatic carbocycles. The normalized spacial score (nSPS) is 13.2. The monoisotopic (exact) mass is 427 g/mol. The molecule has 22 heavy (non-hydrogen) atoms. The predicted molar refractivity (Wildman–Crippen MR) is 108 cm³/mol. The Bertz CT molecular complexity index is 269. The highest BCUT2D eigenvalue weighted by atomic mass is 127. The van der Waals surface area contributed by atoms with Crippen molar-refractivity contribution in [2.75, 3.05) is 26.2 Å². The van der Waals surface area contributed by atoms with Crippen molar-refractivity contribution in [1.82, 2.24) is 10.6 Å². The number of aliphatic imine (C=N–C) groups is 1. The first kappa shape index (κ1) is 24.2. The van der Waals surface area contributed by atoms with Gasteiger partial charge in [0, 0.05) is 26.2 Å². The molecule has 0 spiro atoms. The van der Waals surface area contributed by atoms with Gasteiger partial charge in [0.2, 0.25) is 0 Å². The summed E-state index contributed by atoms with van der Waals surface area (Å²) in [5, 5.41) is 15.9. The topological polar surface area (TPSA) is 56.7 Å². The van der Waals surface area contributed by atoms with Gasteiger partial charge >= 0.3 is 0 Å². The zero-order valence-corrected chi connectivity index (χ0v) is 17.5. The Kier molecular flexibility index (Phi) is 17.4. The second-order valence-corrected chi connectivity index (χ2v) is 6.29. The van der Waals surface area contributed by atoms with Gasteiger partial charge in [-0.25, -0.2) is 0 Å². The minimum atomic E-state index is 0. The van der Waals surface area contributed by atoms with Gasteiger partial charge in [-0.1, -0.05) is 40.5 Å². The molecule has 0 bridgehead atoms. The third kappa shape index (κ3) is 12.5. The molecule has 0 aliphatic carbocycles. The Balaban J connectivity index is 0. The van der Waals surface area contributed by atoms with E-state index in [1.807, 2.05) is 0 Å². The van der Waals surface area contributed by atoms with Crippen LogP contribution in [0.25, 0.3) is 0 Å². The zero-order chi connectivity index (χ0) is 16.1. The summed E-state index contributed by atoms with van der Waals surface area (Å²) in [6.45, 7) is 13.9. The molecular formula is C17H38IN3O. The van der Waals surface area contributed by atoms with Crippen molar-refractivity contribution in [2.24, 2.45) is 22.7 Å². The Morgan fingerprint density at radius 3 is 2.14 bits per heavy atom. The van der Waals surface area contributed by atoms with Crippen molar-refractivity contribution in [3.8, 4) is 0 Å². The summed E-state index contributed by atoms with van der Waals surface area (Å²) in [4.78, 5) is 4.71. The lowest BCUT2D eigenvalue weighted by molar-refractivity contribution is 0.245. The number of hydrogen-bond donors (Lipinski definition) is 3. The molecule has 3 N–H and O–H groups in total. The maximum atomic E-state index is 9.18. The molecule has 0 rings (SSSR count). The standard InChI is InChI=1S/C17H37N3O.HI/c1-6-15(7-2)12-19-17(18-8-3)20-13-16(9-10-21)11-14(4)5;/h14-16,21H,6-13H2,1-5H3,(H2,18,19,20);1H. The van der Waals surface area contributed by atoms with Crippen LogP contribution in [-0.4, -0.2) is 37.3 Å². The van der Waals surface area contributed by atoms with E-state index in [0.29, 0.717) is 17.8 Å². The van der Waals surface area contributed by atoms with Crippen LogP contribution in [0.1, 0.15) is 60.3 Å². The summed E-state index contributed by atoms with van der Waals surface area (Å²) in [6.07, 6.45) is 4.36. The van der Waals surface area contributed by atoms with Crippen molar-refractivity contribution in [3.05, 3.63) is 0 Å². The van der Waals surface area contributed by atoms with Crippen LogP contribution in [0.15, 0.2) is 4.99 Å². The number of aliphatic hydroxyl groups is 1. The van der Waals surface area contributed by atoms with Crippen LogP contribution in [0.5, 0.6) is 0 Å². The number of nitrogens with one attached hydrogen (secondary N) is 2. The number of hydrogen-bond acceptors (Lipinski definition) is 2. The predicted octanol–water partition coefficient (Wildman–Crippen LogP) is 3.64. The molecule has 0 aliphatic rings. The molecule has 4 nitrogen and oxygen atoms in total. The zero-order valence-electron chi connectivity index (χ0n) is 15.2. The molecule has 0 amide bonds. The van der Waals surface area contributed by atoms with E-state index in [1.165, 1.54) is 12.8 Å². The fourth-order valence-corrected chi connectivity index (χ4v) is 2.51. The van der Waals surface area contributed by atoms with Crippen LogP contribution in [0.3, 0.4) is 0 Å².